The number of carbonyl (C=O) groups is 16. The Kier molecular flexibility index (Phi) is 37.6. The van der Waals surface area contributed by atoms with Crippen LogP contribution in [0.25, 0.3) is 10.9 Å². The molecule has 3 aliphatic rings. The molecule has 1 aromatic heterocycles. The van der Waals surface area contributed by atoms with Crippen LogP contribution in [0.15, 0.2) is 158 Å². The minimum Gasteiger partial charge on any atom is -0.508 e. The first-order chi connectivity index (χ1) is 65.1. The summed E-state index contributed by atoms with van der Waals surface area (Å²) < 4.78 is 35.3. The van der Waals surface area contributed by atoms with Crippen LogP contribution in [0.1, 0.15) is 93.2 Å². The first-order valence-corrected chi connectivity index (χ1v) is 46.0. The molecule has 4 heterocycles. The number of nitrogens with two attached hydrogens (primary N) is 1. The zero-order valence-corrected chi connectivity index (χ0v) is 77.8. The lowest BCUT2D eigenvalue weighted by Gasteiger charge is -2.37. The topological polar surface area (TPSA) is 550 Å². The number of carboxylic acid groups (broad SMARTS) is 1. The third-order valence-corrected chi connectivity index (χ3v) is 25.2. The summed E-state index contributed by atoms with van der Waals surface area (Å²) in [5.74, 6) is -22.6. The maximum absolute atomic E-state index is 15.8. The van der Waals surface area contributed by atoms with Crippen LogP contribution in [0.3, 0.4) is 0 Å². The van der Waals surface area contributed by atoms with Gasteiger partial charge >= 0.3 is 5.97 Å². The van der Waals surface area contributed by atoms with Gasteiger partial charge in [-0.05, 0) is 94.1 Å². The summed E-state index contributed by atoms with van der Waals surface area (Å²) in [6.45, 7) is 4.29. The van der Waals surface area contributed by atoms with Crippen molar-refractivity contribution in [3.05, 3.63) is 203 Å². The number of halogens is 2. The van der Waals surface area contributed by atoms with Gasteiger partial charge < -0.3 is 113 Å². The van der Waals surface area contributed by atoms with Crippen molar-refractivity contribution < 1.29 is 116 Å². The quantitative estimate of drug-likeness (QED) is 0.0414. The zero-order chi connectivity index (χ0) is 99.8. The highest BCUT2D eigenvalue weighted by molar-refractivity contribution is 8.00. The highest BCUT2D eigenvalue weighted by Gasteiger charge is 2.49. The molecule has 137 heavy (non-hydrogen) atoms. The Bertz CT molecular complexity index is 5490. The number of para-hydroxylation sites is 1. The fourth-order valence-electron chi connectivity index (χ4n) is 16.8. The number of primary amides is 1. The van der Waals surface area contributed by atoms with Crippen LogP contribution in [0.5, 0.6) is 11.5 Å². The predicted molar refractivity (Wildman–Crippen MR) is 496 cm³/mol. The number of carboxylic acids is 1. The number of likely N-dealkylation sites (N-methyl/N-ethyl adjacent to an activating group) is 3. The summed E-state index contributed by atoms with van der Waals surface area (Å²) in [5, 5.41) is 78.5. The molecule has 6 aromatic carbocycles. The Labute approximate surface area is 793 Å². The van der Waals surface area contributed by atoms with Crippen LogP contribution in [0.4, 0.5) is 8.78 Å². The van der Waals surface area contributed by atoms with Crippen molar-refractivity contribution in [3.8, 4) is 11.5 Å². The van der Waals surface area contributed by atoms with Crippen LogP contribution >= 0.6 is 11.8 Å². The Morgan fingerprint density at radius 1 is 0.496 bits per heavy atom. The maximum atomic E-state index is 15.8. The number of aromatic nitrogens is 1. The summed E-state index contributed by atoms with van der Waals surface area (Å²) in [6, 6.07) is 15.1. The Hall–Kier alpha value is -13.9. The number of phenolic OH excluding ortho intramolecular Hbond substituents is 2. The number of hydrogen-bond donors (Lipinski definition) is 16. The largest absolute Gasteiger partial charge is 0.508 e. The SMILES string of the molecule is COCC[C@H]1C(=O)N2C[C@@H](O)C[C@@H]2C(=O)N[C@@H](CC(=O)O)C(=O)N[C@@H](C(C)C)C(=O)N(C)[C@H](Cc2ccccc2)C(=O)N[C@@H](Cc2ccc(O)cc2)C(=O)N2C[C@@H](O)C[C@@H]2C(=O)N[C@@H](Cc2c[nH]c3ccccc23)C(=O)N[C@@H](Cc2ccc(O)cc2)C(=O)N[C@@H](CC(C)C)C(=O)N[C@H](C(=O)NCC(N)=O)CSCC(=O)N[C@@H](Cc2ccc(F)c(F)c2)C(=O)N(C)[C@@H](Cc2ccccc2)C(=O)N1C. The van der Waals surface area contributed by atoms with E-state index in [1.807, 2.05) is 0 Å². The number of fused-ring (bicyclic) bond motifs is 3. The number of nitrogens with zero attached hydrogens (tertiary/aromatic N) is 5. The third kappa shape index (κ3) is 29.1. The minimum atomic E-state index is -2.06. The van der Waals surface area contributed by atoms with E-state index in [1.165, 1.54) is 90.6 Å². The lowest BCUT2D eigenvalue weighted by molar-refractivity contribution is -0.153. The van der Waals surface area contributed by atoms with E-state index >= 15 is 52.3 Å². The molecule has 734 valence electrons. The number of aliphatic hydroxyl groups excluding tert-OH is 2. The van der Waals surface area contributed by atoms with E-state index in [2.05, 4.69) is 52.8 Å². The molecule has 3 saturated heterocycles. The van der Waals surface area contributed by atoms with E-state index in [1.54, 1.807) is 105 Å². The number of aliphatic hydroxyl groups is 2. The zero-order valence-electron chi connectivity index (χ0n) is 77.0. The molecule has 0 aliphatic carbocycles. The molecule has 0 spiro atoms. The molecule has 0 saturated carbocycles. The molecule has 38 nitrogen and oxygen atoms in total. The van der Waals surface area contributed by atoms with Crippen LogP contribution < -0.4 is 53.6 Å². The fraction of sp³-hybridized carbons (Fsp3) is 0.438. The van der Waals surface area contributed by atoms with Crippen LogP contribution in [0, 0.1) is 23.5 Å². The van der Waals surface area contributed by atoms with Crippen LogP contribution in [-0.2, 0) is 120 Å². The van der Waals surface area contributed by atoms with E-state index in [9.17, 15) is 58.7 Å². The van der Waals surface area contributed by atoms with Gasteiger partial charge in [-0.1, -0.05) is 137 Å². The fourth-order valence-corrected chi connectivity index (χ4v) is 17.6. The average molecular weight is 1920 g/mol. The Morgan fingerprint density at radius 2 is 0.971 bits per heavy atom. The molecule has 3 aliphatic heterocycles. The lowest BCUT2D eigenvalue weighted by Crippen LogP contribution is -2.62. The smallest absolute Gasteiger partial charge is 0.305 e. The Morgan fingerprint density at radius 3 is 1.53 bits per heavy atom. The van der Waals surface area contributed by atoms with Gasteiger partial charge in [-0.25, -0.2) is 8.78 Å². The maximum Gasteiger partial charge on any atom is 0.305 e. The molecular weight excluding hydrogens is 1800 g/mol. The van der Waals surface area contributed by atoms with Crippen molar-refractivity contribution in [1.29, 1.82) is 0 Å². The second kappa shape index (κ2) is 49.0. The van der Waals surface area contributed by atoms with Crippen molar-refractivity contribution in [2.75, 3.05) is 66.0 Å². The number of ether oxygens (including phenoxy) is 1. The van der Waals surface area contributed by atoms with Crippen LogP contribution in [-0.4, -0.2) is 306 Å². The molecule has 15 amide bonds. The Balaban J connectivity index is 1.07. The van der Waals surface area contributed by atoms with E-state index in [0.29, 0.717) is 50.5 Å². The first-order valence-electron chi connectivity index (χ1n) is 44.8. The molecule has 15 atom stereocenters. The van der Waals surface area contributed by atoms with Gasteiger partial charge in [0.2, 0.25) is 88.6 Å². The van der Waals surface area contributed by atoms with Gasteiger partial charge in [0.15, 0.2) is 11.6 Å². The highest BCUT2D eigenvalue weighted by Crippen LogP contribution is 2.29. The van der Waals surface area contributed by atoms with E-state index < -0.39 is 266 Å². The van der Waals surface area contributed by atoms with Gasteiger partial charge in [0.25, 0.3) is 0 Å². The van der Waals surface area contributed by atoms with Crippen molar-refractivity contribution in [2.24, 2.45) is 17.6 Å². The average Bonchev–Trinajstić information content (AvgIpc) is 1.72. The van der Waals surface area contributed by atoms with Crippen molar-refractivity contribution in [1.82, 2.24) is 77.3 Å². The number of aliphatic carboxylic acids is 1. The van der Waals surface area contributed by atoms with Gasteiger partial charge in [0.05, 0.1) is 30.9 Å². The monoisotopic (exact) mass is 1920 g/mol. The number of amides is 15. The van der Waals surface area contributed by atoms with Crippen molar-refractivity contribution in [2.45, 2.75) is 189 Å². The molecule has 3 fully saturated rings. The van der Waals surface area contributed by atoms with Crippen molar-refractivity contribution >= 4 is 117 Å². The van der Waals surface area contributed by atoms with Crippen LogP contribution in [0.2, 0.25) is 0 Å². The van der Waals surface area contributed by atoms with Crippen molar-refractivity contribution in [3.63, 3.8) is 0 Å². The molecule has 7 aromatic rings. The minimum absolute atomic E-state index is 0.0431. The van der Waals surface area contributed by atoms with Gasteiger partial charge in [-0.2, -0.15) is 0 Å². The van der Waals surface area contributed by atoms with E-state index in [4.69, 9.17) is 10.5 Å². The van der Waals surface area contributed by atoms with Gasteiger partial charge in [-0.15, -0.1) is 11.8 Å². The molecular formula is C96H118F2N16O22S. The number of aromatic hydroxyl groups is 2. The second-order valence-corrected chi connectivity index (χ2v) is 36.3. The predicted octanol–water partition coefficient (Wildman–Crippen LogP) is 0.458. The molecule has 0 radical (unpaired) electrons. The number of carbonyl (C=O) groups excluding carboxylic acids is 15. The highest BCUT2D eigenvalue weighted by atomic mass is 32.2. The first kappa shape index (κ1) is 105. The number of thioether (sulfide) groups is 1. The number of methoxy groups -OCH3 is 1. The summed E-state index contributed by atoms with van der Waals surface area (Å²) in [6.07, 6.45) is -6.21. The molecule has 0 bridgehead atoms. The van der Waals surface area contributed by atoms with Gasteiger partial charge in [0.1, 0.15) is 90.0 Å². The summed E-state index contributed by atoms with van der Waals surface area (Å²) in [5.41, 5.74) is 8.05. The third-order valence-electron chi connectivity index (χ3n) is 24.1. The summed E-state index contributed by atoms with van der Waals surface area (Å²) in [7, 11) is 4.94. The molecule has 0 unspecified atom stereocenters. The number of H-pyrrole nitrogens is 1. The molecule has 10 rings (SSSR count). The van der Waals surface area contributed by atoms with E-state index in [-0.39, 0.29) is 68.6 Å². The number of hydrogen-bond acceptors (Lipinski definition) is 22. The number of rotatable bonds is 23. The number of benzene rings is 6. The van der Waals surface area contributed by atoms with E-state index in [0.717, 1.165) is 42.7 Å². The van der Waals surface area contributed by atoms with Gasteiger partial charge in [-0.3, -0.25) is 76.7 Å². The summed E-state index contributed by atoms with van der Waals surface area (Å²) >= 11 is 0.697. The molecule has 41 heteroatoms. The van der Waals surface area contributed by atoms with Gasteiger partial charge in [0, 0.05) is 129 Å². The number of phenols is 2. The summed E-state index contributed by atoms with van der Waals surface area (Å²) in [4.78, 5) is 247. The standard InChI is InChI=1S/C96H118F2N16O22S/c1-52(2)35-68-85(124)108-74(84(123)101-47-80(99)119)50-137-51-81(120)102-72(39-58-27-32-65(97)66(98)36-58)92(131)112(7)79(41-55-19-13-10-14-20-55)94(133)110(5)75(33-34-136-8)95(134)114-49-63(118)44-78(114)91(130)106-71(45-82(121)122)88(127)109-83(53(3)4)96(135)111(6)76(40-54-17-11-9-12-18-54)89(128)107-73(38-57-25-30-61(116)31-26-57)93(132)113-48-62(117)43-77(113)90(129)105-70(42-59-46-100-67-22-16-15-21-64(59)67)87(126)104-69(86(125)103-68)37-56-23-28-60(115)29-24-56/h9-32,36,46,52-53,62-63,68-79,83,100,115-118H,33-35,37-45,47-51H2,1-8H3,(H2,99,119)(H,101,123)(H,102,120)(H,103,125)(H,104,126)(H,105,129)(H,106,130)(H,107,128)(H,108,124)(H,109,127)(H,121,122)/t62-,63-,68-,69-,70-,71-,72-,73-,74-,75-,76+,77+,78+,79-,83-/m0/s1. The lowest BCUT2D eigenvalue weighted by atomic mass is 9.98. The number of nitrogens with one attached hydrogen (secondary N) is 10. The second-order valence-electron chi connectivity index (χ2n) is 35.2. The molecule has 17 N–H and O–H groups in total. The normalized spacial score (nSPS) is 24.3. The number of aromatic amines is 1.